The van der Waals surface area contributed by atoms with Crippen LogP contribution < -0.4 is 5.32 Å². The molecule has 6 heteroatoms. The molecule has 1 N–H and O–H groups in total. The fraction of sp³-hybridized carbons (Fsp3) is 0.368. The second kappa shape index (κ2) is 7.64. The third-order valence-corrected chi connectivity index (χ3v) is 6.51. The summed E-state index contributed by atoms with van der Waals surface area (Å²) < 4.78 is 40.1. The molecule has 3 rings (SSSR count). The molecular formula is C19H23FN2O2S. The van der Waals surface area contributed by atoms with Crippen LogP contribution in [0.4, 0.5) is 4.39 Å². The fourth-order valence-electron chi connectivity index (χ4n) is 3.07. The Balaban J connectivity index is 1.55. The molecule has 1 fully saturated rings. The first-order valence-electron chi connectivity index (χ1n) is 8.50. The smallest absolute Gasteiger partial charge is 0.243 e. The summed E-state index contributed by atoms with van der Waals surface area (Å²) in [5, 5.41) is 3.40. The molecule has 0 atom stereocenters. The molecule has 134 valence electrons. The van der Waals surface area contributed by atoms with Gasteiger partial charge in [0.1, 0.15) is 5.82 Å². The zero-order chi connectivity index (χ0) is 17.9. The molecule has 1 aliphatic heterocycles. The van der Waals surface area contributed by atoms with Crippen molar-refractivity contribution in [3.63, 3.8) is 0 Å². The van der Waals surface area contributed by atoms with Gasteiger partial charge in [0, 0.05) is 25.7 Å². The van der Waals surface area contributed by atoms with Gasteiger partial charge in [-0.25, -0.2) is 12.8 Å². The van der Waals surface area contributed by atoms with Gasteiger partial charge in [-0.05, 0) is 49.6 Å². The Morgan fingerprint density at radius 1 is 1.12 bits per heavy atom. The SMILES string of the molecule is Cc1ccc(S(=O)(=O)N2CCC(NCc3cccc(F)c3)CC2)cc1. The van der Waals surface area contributed by atoms with E-state index in [1.54, 1.807) is 22.5 Å². The quantitative estimate of drug-likeness (QED) is 0.889. The van der Waals surface area contributed by atoms with Crippen LogP contribution in [0, 0.1) is 12.7 Å². The van der Waals surface area contributed by atoms with E-state index in [4.69, 9.17) is 0 Å². The van der Waals surface area contributed by atoms with Gasteiger partial charge in [0.15, 0.2) is 0 Å². The van der Waals surface area contributed by atoms with Gasteiger partial charge in [-0.3, -0.25) is 0 Å². The number of hydrogen-bond donors (Lipinski definition) is 1. The highest BCUT2D eigenvalue weighted by Crippen LogP contribution is 2.21. The lowest BCUT2D eigenvalue weighted by molar-refractivity contribution is 0.288. The van der Waals surface area contributed by atoms with Crippen LogP contribution in [0.2, 0.25) is 0 Å². The van der Waals surface area contributed by atoms with Crippen molar-refractivity contribution in [3.8, 4) is 0 Å². The van der Waals surface area contributed by atoms with Crippen LogP contribution in [-0.2, 0) is 16.6 Å². The van der Waals surface area contributed by atoms with Crippen LogP contribution in [0.3, 0.4) is 0 Å². The molecule has 0 saturated carbocycles. The number of hydrogen-bond acceptors (Lipinski definition) is 3. The van der Waals surface area contributed by atoms with Crippen LogP contribution in [0.5, 0.6) is 0 Å². The van der Waals surface area contributed by atoms with Crippen LogP contribution in [-0.4, -0.2) is 31.9 Å². The minimum atomic E-state index is -3.42. The van der Waals surface area contributed by atoms with Crippen molar-refractivity contribution in [1.29, 1.82) is 0 Å². The Kier molecular flexibility index (Phi) is 5.51. The summed E-state index contributed by atoms with van der Waals surface area (Å²) in [7, 11) is -3.42. The van der Waals surface area contributed by atoms with Gasteiger partial charge >= 0.3 is 0 Å². The van der Waals surface area contributed by atoms with Crippen LogP contribution >= 0.6 is 0 Å². The molecular weight excluding hydrogens is 339 g/mol. The molecule has 1 heterocycles. The van der Waals surface area contributed by atoms with E-state index >= 15 is 0 Å². The maximum Gasteiger partial charge on any atom is 0.243 e. The minimum Gasteiger partial charge on any atom is -0.310 e. The average Bonchev–Trinajstić information content (AvgIpc) is 2.61. The summed E-state index contributed by atoms with van der Waals surface area (Å²) >= 11 is 0. The number of sulfonamides is 1. The van der Waals surface area contributed by atoms with Crippen LogP contribution in [0.25, 0.3) is 0 Å². The van der Waals surface area contributed by atoms with Gasteiger partial charge in [0.05, 0.1) is 4.90 Å². The Labute approximate surface area is 148 Å². The van der Waals surface area contributed by atoms with Crippen LogP contribution in [0.15, 0.2) is 53.4 Å². The molecule has 4 nitrogen and oxygen atoms in total. The second-order valence-electron chi connectivity index (χ2n) is 6.50. The molecule has 0 amide bonds. The van der Waals surface area contributed by atoms with Crippen molar-refractivity contribution >= 4 is 10.0 Å². The number of aryl methyl sites for hydroxylation is 1. The fourth-order valence-corrected chi connectivity index (χ4v) is 4.54. The molecule has 0 aromatic heterocycles. The van der Waals surface area contributed by atoms with E-state index in [0.29, 0.717) is 24.5 Å². The Morgan fingerprint density at radius 2 is 1.80 bits per heavy atom. The number of nitrogens with one attached hydrogen (secondary N) is 1. The van der Waals surface area contributed by atoms with Gasteiger partial charge < -0.3 is 5.32 Å². The molecule has 0 aliphatic carbocycles. The normalized spacial score (nSPS) is 16.9. The van der Waals surface area contributed by atoms with Gasteiger partial charge in [-0.1, -0.05) is 29.8 Å². The van der Waals surface area contributed by atoms with Crippen molar-refractivity contribution in [2.45, 2.75) is 37.2 Å². The van der Waals surface area contributed by atoms with E-state index in [0.717, 1.165) is 24.0 Å². The summed E-state index contributed by atoms with van der Waals surface area (Å²) in [5.41, 5.74) is 1.94. The number of benzene rings is 2. The lowest BCUT2D eigenvalue weighted by atomic mass is 10.1. The monoisotopic (exact) mass is 362 g/mol. The van der Waals surface area contributed by atoms with Gasteiger partial charge in [-0.2, -0.15) is 4.31 Å². The van der Waals surface area contributed by atoms with Crippen molar-refractivity contribution < 1.29 is 12.8 Å². The summed E-state index contributed by atoms with van der Waals surface area (Å²) in [5.74, 6) is -0.238. The molecule has 25 heavy (non-hydrogen) atoms. The predicted octanol–water partition coefficient (Wildman–Crippen LogP) is 3.08. The predicted molar refractivity (Wildman–Crippen MR) is 96.2 cm³/mol. The summed E-state index contributed by atoms with van der Waals surface area (Å²) in [4.78, 5) is 0.351. The van der Waals surface area contributed by atoms with Crippen LogP contribution in [0.1, 0.15) is 24.0 Å². The van der Waals surface area contributed by atoms with Gasteiger partial charge in [-0.15, -0.1) is 0 Å². The van der Waals surface area contributed by atoms with E-state index in [1.807, 2.05) is 25.1 Å². The Morgan fingerprint density at radius 3 is 2.44 bits per heavy atom. The highest BCUT2D eigenvalue weighted by molar-refractivity contribution is 7.89. The van der Waals surface area contributed by atoms with Crippen molar-refractivity contribution in [1.82, 2.24) is 9.62 Å². The average molecular weight is 362 g/mol. The standard InChI is InChI=1S/C19H23FN2O2S/c1-15-5-7-19(8-6-15)25(23,24)22-11-9-18(10-12-22)21-14-16-3-2-4-17(20)13-16/h2-8,13,18,21H,9-12,14H2,1H3. The zero-order valence-electron chi connectivity index (χ0n) is 14.3. The lowest BCUT2D eigenvalue weighted by Crippen LogP contribution is -2.44. The van der Waals surface area contributed by atoms with E-state index in [1.165, 1.54) is 12.1 Å². The first-order valence-corrected chi connectivity index (χ1v) is 9.94. The van der Waals surface area contributed by atoms with Crippen molar-refractivity contribution in [2.24, 2.45) is 0 Å². The Hall–Kier alpha value is -1.76. The van der Waals surface area contributed by atoms with E-state index in [-0.39, 0.29) is 11.9 Å². The summed E-state index contributed by atoms with van der Waals surface area (Å²) in [6, 6.07) is 13.7. The molecule has 0 bridgehead atoms. The van der Waals surface area contributed by atoms with E-state index < -0.39 is 10.0 Å². The lowest BCUT2D eigenvalue weighted by Gasteiger charge is -2.31. The number of halogens is 1. The minimum absolute atomic E-state index is 0.238. The molecule has 0 spiro atoms. The summed E-state index contributed by atoms with van der Waals surface area (Å²) in [6.07, 6.45) is 1.50. The van der Waals surface area contributed by atoms with E-state index in [9.17, 15) is 12.8 Å². The molecule has 2 aromatic rings. The third-order valence-electron chi connectivity index (χ3n) is 4.60. The summed E-state index contributed by atoms with van der Waals surface area (Å²) in [6.45, 7) is 3.52. The Bertz CT molecular complexity index is 814. The topological polar surface area (TPSA) is 49.4 Å². The first kappa shape index (κ1) is 18.0. The number of rotatable bonds is 5. The highest BCUT2D eigenvalue weighted by atomic mass is 32.2. The molecule has 2 aromatic carbocycles. The second-order valence-corrected chi connectivity index (χ2v) is 8.44. The maximum atomic E-state index is 13.2. The third kappa shape index (κ3) is 4.45. The molecule has 0 radical (unpaired) electrons. The molecule has 1 aliphatic rings. The number of nitrogens with zero attached hydrogens (tertiary/aromatic N) is 1. The largest absolute Gasteiger partial charge is 0.310 e. The maximum absolute atomic E-state index is 13.2. The number of piperidine rings is 1. The highest BCUT2D eigenvalue weighted by Gasteiger charge is 2.29. The van der Waals surface area contributed by atoms with Gasteiger partial charge in [0.25, 0.3) is 0 Å². The van der Waals surface area contributed by atoms with Gasteiger partial charge in [0.2, 0.25) is 10.0 Å². The van der Waals surface area contributed by atoms with Crippen molar-refractivity contribution in [2.75, 3.05) is 13.1 Å². The van der Waals surface area contributed by atoms with E-state index in [2.05, 4.69) is 5.32 Å². The first-order chi connectivity index (χ1) is 11.9. The van der Waals surface area contributed by atoms with Crippen molar-refractivity contribution in [3.05, 3.63) is 65.5 Å². The zero-order valence-corrected chi connectivity index (χ0v) is 15.1. The molecule has 1 saturated heterocycles. The molecule has 0 unspecified atom stereocenters.